The standard InChI is InChI=1S/C13H16ClFO2/c1-13(2,17-3)8-11(16)7-9-6-10(15)4-5-12(9)14/h4-6H,7-8H2,1-3H3. The fraction of sp³-hybridized carbons (Fsp3) is 0.462. The van der Waals surface area contributed by atoms with Gasteiger partial charge in [0.15, 0.2) is 0 Å². The van der Waals surface area contributed by atoms with Crippen LogP contribution in [0.15, 0.2) is 18.2 Å². The molecule has 2 nitrogen and oxygen atoms in total. The van der Waals surface area contributed by atoms with E-state index in [1.807, 2.05) is 13.8 Å². The number of carbonyl (C=O) groups excluding carboxylic acids is 1. The first kappa shape index (κ1) is 14.1. The third-order valence-electron chi connectivity index (χ3n) is 2.57. The smallest absolute Gasteiger partial charge is 0.140 e. The highest BCUT2D eigenvalue weighted by molar-refractivity contribution is 6.31. The van der Waals surface area contributed by atoms with Gasteiger partial charge in [-0.15, -0.1) is 0 Å². The highest BCUT2D eigenvalue weighted by atomic mass is 35.5. The molecule has 1 aromatic rings. The fourth-order valence-corrected chi connectivity index (χ4v) is 1.69. The van der Waals surface area contributed by atoms with Gasteiger partial charge in [0.25, 0.3) is 0 Å². The van der Waals surface area contributed by atoms with Gasteiger partial charge in [0.1, 0.15) is 11.6 Å². The Labute approximate surface area is 106 Å². The Bertz CT molecular complexity index is 416. The minimum absolute atomic E-state index is 0.0237. The molecule has 1 rings (SSSR count). The van der Waals surface area contributed by atoms with Crippen LogP contribution in [-0.2, 0) is 16.0 Å². The Morgan fingerprint density at radius 3 is 2.71 bits per heavy atom. The molecule has 94 valence electrons. The molecule has 0 saturated carbocycles. The van der Waals surface area contributed by atoms with Crippen LogP contribution in [0.25, 0.3) is 0 Å². The quantitative estimate of drug-likeness (QED) is 0.809. The zero-order valence-electron chi connectivity index (χ0n) is 10.2. The Balaban J connectivity index is 2.71. The second-order valence-electron chi connectivity index (χ2n) is 4.59. The van der Waals surface area contributed by atoms with Gasteiger partial charge in [0, 0.05) is 25.0 Å². The number of benzene rings is 1. The van der Waals surface area contributed by atoms with Gasteiger partial charge in [0.2, 0.25) is 0 Å². The summed E-state index contributed by atoms with van der Waals surface area (Å²) in [6, 6.07) is 4.02. The summed E-state index contributed by atoms with van der Waals surface area (Å²) in [5.74, 6) is -0.410. The maximum Gasteiger partial charge on any atom is 0.140 e. The topological polar surface area (TPSA) is 26.3 Å². The van der Waals surface area contributed by atoms with Crippen molar-refractivity contribution in [3.05, 3.63) is 34.6 Å². The third kappa shape index (κ3) is 4.44. The molecule has 17 heavy (non-hydrogen) atoms. The van der Waals surface area contributed by atoms with Crippen molar-refractivity contribution in [1.82, 2.24) is 0 Å². The average Bonchev–Trinajstić information content (AvgIpc) is 2.23. The Morgan fingerprint density at radius 2 is 2.12 bits per heavy atom. The lowest BCUT2D eigenvalue weighted by Crippen LogP contribution is -2.27. The van der Waals surface area contributed by atoms with Gasteiger partial charge in [0.05, 0.1) is 5.60 Å². The first-order valence-electron chi connectivity index (χ1n) is 5.35. The van der Waals surface area contributed by atoms with Crippen molar-refractivity contribution in [3.63, 3.8) is 0 Å². The Kier molecular flexibility index (Phi) is 4.66. The van der Waals surface area contributed by atoms with E-state index in [4.69, 9.17) is 16.3 Å². The lowest BCUT2D eigenvalue weighted by Gasteiger charge is -2.21. The highest BCUT2D eigenvalue weighted by Crippen LogP contribution is 2.20. The number of ketones is 1. The molecule has 0 atom stereocenters. The predicted molar refractivity (Wildman–Crippen MR) is 65.8 cm³/mol. The molecule has 0 fully saturated rings. The average molecular weight is 259 g/mol. The molecule has 0 N–H and O–H groups in total. The van der Waals surface area contributed by atoms with E-state index in [0.29, 0.717) is 10.6 Å². The summed E-state index contributed by atoms with van der Waals surface area (Å²) in [5.41, 5.74) is 0.0141. The lowest BCUT2D eigenvalue weighted by molar-refractivity contribution is -0.123. The number of ether oxygens (including phenoxy) is 1. The van der Waals surface area contributed by atoms with Gasteiger partial charge in [-0.3, -0.25) is 4.79 Å². The zero-order valence-corrected chi connectivity index (χ0v) is 11.0. The van der Waals surface area contributed by atoms with Crippen LogP contribution in [0.4, 0.5) is 4.39 Å². The predicted octanol–water partition coefficient (Wildman–Crippen LogP) is 3.41. The van der Waals surface area contributed by atoms with Gasteiger partial charge in [-0.1, -0.05) is 11.6 Å². The van der Waals surface area contributed by atoms with Gasteiger partial charge >= 0.3 is 0 Å². The van der Waals surface area contributed by atoms with Crippen LogP contribution < -0.4 is 0 Å². The minimum atomic E-state index is -0.503. The molecule has 0 aromatic heterocycles. The number of hydrogen-bond acceptors (Lipinski definition) is 2. The van der Waals surface area contributed by atoms with Gasteiger partial charge in [-0.05, 0) is 37.6 Å². The molecule has 1 aromatic carbocycles. The molecule has 0 spiro atoms. The molecule has 0 saturated heterocycles. The summed E-state index contributed by atoms with van der Waals surface area (Å²) in [6.45, 7) is 3.66. The maximum atomic E-state index is 13.0. The molecule has 0 aliphatic heterocycles. The van der Waals surface area contributed by atoms with E-state index in [2.05, 4.69) is 0 Å². The summed E-state index contributed by atoms with van der Waals surface area (Å²) in [7, 11) is 1.56. The van der Waals surface area contributed by atoms with Crippen LogP contribution in [0.3, 0.4) is 0 Å². The van der Waals surface area contributed by atoms with E-state index in [9.17, 15) is 9.18 Å². The van der Waals surface area contributed by atoms with Crippen molar-refractivity contribution in [1.29, 1.82) is 0 Å². The third-order valence-corrected chi connectivity index (χ3v) is 2.94. The molecule has 4 heteroatoms. The van der Waals surface area contributed by atoms with Crippen LogP contribution in [0.5, 0.6) is 0 Å². The molecule has 0 unspecified atom stereocenters. The van der Waals surface area contributed by atoms with E-state index in [0.717, 1.165) is 0 Å². The summed E-state index contributed by atoms with van der Waals surface area (Å²) >= 11 is 5.90. The van der Waals surface area contributed by atoms with Crippen molar-refractivity contribution in [2.45, 2.75) is 32.3 Å². The van der Waals surface area contributed by atoms with Gasteiger partial charge in [-0.2, -0.15) is 0 Å². The monoisotopic (exact) mass is 258 g/mol. The van der Waals surface area contributed by atoms with Crippen LogP contribution in [0.1, 0.15) is 25.8 Å². The molecular formula is C13H16ClFO2. The first-order valence-corrected chi connectivity index (χ1v) is 5.72. The highest BCUT2D eigenvalue weighted by Gasteiger charge is 2.21. The Hall–Kier alpha value is -0.930. The van der Waals surface area contributed by atoms with Crippen molar-refractivity contribution in [2.75, 3.05) is 7.11 Å². The van der Waals surface area contributed by atoms with E-state index in [-0.39, 0.29) is 24.4 Å². The number of Topliss-reactive ketones (excluding diaryl/α,β-unsaturated/α-hetero) is 1. The second-order valence-corrected chi connectivity index (χ2v) is 5.00. The normalized spacial score (nSPS) is 11.6. The molecule has 0 bridgehead atoms. The lowest BCUT2D eigenvalue weighted by atomic mass is 9.97. The van der Waals surface area contributed by atoms with E-state index >= 15 is 0 Å². The van der Waals surface area contributed by atoms with Crippen molar-refractivity contribution in [3.8, 4) is 0 Å². The largest absolute Gasteiger partial charge is 0.378 e. The summed E-state index contributed by atoms with van der Waals surface area (Å²) < 4.78 is 18.2. The van der Waals surface area contributed by atoms with Crippen molar-refractivity contribution in [2.24, 2.45) is 0 Å². The number of methoxy groups -OCH3 is 1. The summed E-state index contributed by atoms with van der Waals surface area (Å²) in [5, 5.41) is 0.412. The van der Waals surface area contributed by atoms with Gasteiger partial charge < -0.3 is 4.74 Å². The molecule has 0 aliphatic carbocycles. The molecule has 0 heterocycles. The molecule has 0 radical (unpaired) electrons. The summed E-state index contributed by atoms with van der Waals surface area (Å²) in [6.07, 6.45) is 0.403. The van der Waals surface area contributed by atoms with Crippen molar-refractivity contribution < 1.29 is 13.9 Å². The SMILES string of the molecule is COC(C)(C)CC(=O)Cc1cc(F)ccc1Cl. The van der Waals surface area contributed by atoms with E-state index < -0.39 is 5.60 Å². The van der Waals surface area contributed by atoms with Crippen LogP contribution in [-0.4, -0.2) is 18.5 Å². The minimum Gasteiger partial charge on any atom is -0.378 e. The number of rotatable bonds is 5. The maximum absolute atomic E-state index is 13.0. The second kappa shape index (κ2) is 5.61. The van der Waals surface area contributed by atoms with Crippen LogP contribution in [0.2, 0.25) is 5.02 Å². The zero-order chi connectivity index (χ0) is 13.1. The van der Waals surface area contributed by atoms with Crippen LogP contribution in [0, 0.1) is 5.82 Å². The van der Waals surface area contributed by atoms with Gasteiger partial charge in [-0.25, -0.2) is 4.39 Å². The molecule has 0 amide bonds. The number of hydrogen-bond donors (Lipinski definition) is 0. The summed E-state index contributed by atoms with van der Waals surface area (Å²) in [4.78, 5) is 11.8. The number of halogens is 2. The van der Waals surface area contributed by atoms with E-state index in [1.54, 1.807) is 7.11 Å². The fourth-order valence-electron chi connectivity index (χ4n) is 1.50. The van der Waals surface area contributed by atoms with E-state index in [1.165, 1.54) is 18.2 Å². The van der Waals surface area contributed by atoms with Crippen LogP contribution >= 0.6 is 11.6 Å². The van der Waals surface area contributed by atoms with Crippen molar-refractivity contribution >= 4 is 17.4 Å². The molecule has 0 aliphatic rings. The number of carbonyl (C=O) groups is 1. The molecular weight excluding hydrogens is 243 g/mol. The Morgan fingerprint density at radius 1 is 1.47 bits per heavy atom. The first-order chi connectivity index (χ1) is 7.84.